The van der Waals surface area contributed by atoms with E-state index in [2.05, 4.69) is 6.92 Å². The predicted octanol–water partition coefficient (Wildman–Crippen LogP) is 8.50. The first kappa shape index (κ1) is 29.5. The number of esters is 2. The molecule has 33 heavy (non-hydrogen) atoms. The van der Waals surface area contributed by atoms with Gasteiger partial charge in [-0.2, -0.15) is 0 Å². The Labute approximate surface area is 206 Å². The fourth-order valence-electron chi connectivity index (χ4n) is 3.74. The lowest BCUT2D eigenvalue weighted by atomic mass is 10.0. The van der Waals surface area contributed by atoms with Crippen LogP contribution in [0.1, 0.15) is 131 Å². The van der Waals surface area contributed by atoms with Crippen molar-refractivity contribution in [3.05, 3.63) is 35.4 Å². The summed E-state index contributed by atoms with van der Waals surface area (Å²) >= 11 is 5.78. The fourth-order valence-corrected chi connectivity index (χ4v) is 3.80. The Hall–Kier alpha value is -1.55. The van der Waals surface area contributed by atoms with Gasteiger partial charge in [-0.25, -0.2) is 9.59 Å². The lowest BCUT2D eigenvalue weighted by Gasteiger charge is -2.07. The molecule has 1 rings (SSSR count). The van der Waals surface area contributed by atoms with Crippen LogP contribution in [0.4, 0.5) is 0 Å². The molecule has 188 valence electrons. The van der Waals surface area contributed by atoms with Crippen molar-refractivity contribution in [1.82, 2.24) is 0 Å². The van der Waals surface area contributed by atoms with E-state index in [1.54, 1.807) is 31.2 Å². The Morgan fingerprint density at radius 2 is 1.03 bits per heavy atom. The van der Waals surface area contributed by atoms with Crippen molar-refractivity contribution < 1.29 is 19.1 Å². The van der Waals surface area contributed by atoms with Crippen LogP contribution < -0.4 is 0 Å². The zero-order chi connectivity index (χ0) is 24.2. The second kappa shape index (κ2) is 19.9. The van der Waals surface area contributed by atoms with Crippen molar-refractivity contribution >= 4 is 23.5 Å². The number of halogens is 1. The number of unbranched alkanes of at least 4 members (excludes halogenated alkanes) is 14. The third kappa shape index (κ3) is 15.8. The minimum absolute atomic E-state index is 0.156. The van der Waals surface area contributed by atoms with Crippen molar-refractivity contribution in [1.29, 1.82) is 0 Å². The molecular formula is C28H45ClO4. The summed E-state index contributed by atoms with van der Waals surface area (Å²) < 4.78 is 10.4. The zero-order valence-electron chi connectivity index (χ0n) is 20.9. The normalized spacial score (nSPS) is 11.8. The molecule has 0 radical (unpaired) electrons. The average Bonchev–Trinajstić information content (AvgIpc) is 2.82. The maximum Gasteiger partial charge on any atom is 0.338 e. The average molecular weight is 481 g/mol. The molecule has 0 aliphatic carbocycles. The molecule has 0 amide bonds. The van der Waals surface area contributed by atoms with Gasteiger partial charge in [-0.1, -0.05) is 96.8 Å². The highest BCUT2D eigenvalue weighted by Gasteiger charge is 2.11. The largest absolute Gasteiger partial charge is 0.462 e. The maximum atomic E-state index is 12.1. The van der Waals surface area contributed by atoms with Gasteiger partial charge in [0.25, 0.3) is 0 Å². The molecule has 0 heterocycles. The van der Waals surface area contributed by atoms with E-state index in [4.69, 9.17) is 21.1 Å². The second-order valence-electron chi connectivity index (χ2n) is 9.04. The Morgan fingerprint density at radius 1 is 0.667 bits per heavy atom. The first-order chi connectivity index (χ1) is 16.0. The summed E-state index contributed by atoms with van der Waals surface area (Å²) in [5, 5.41) is -0.233. The van der Waals surface area contributed by atoms with E-state index in [1.165, 1.54) is 83.5 Å². The van der Waals surface area contributed by atoms with Gasteiger partial charge in [-0.3, -0.25) is 0 Å². The molecule has 1 aromatic rings. The van der Waals surface area contributed by atoms with Crippen LogP contribution in [0.3, 0.4) is 0 Å². The summed E-state index contributed by atoms with van der Waals surface area (Å²) in [6.45, 7) is 4.62. The summed E-state index contributed by atoms with van der Waals surface area (Å²) in [6, 6.07) is 6.34. The van der Waals surface area contributed by atoms with Crippen LogP contribution in [0.2, 0.25) is 0 Å². The highest BCUT2D eigenvalue weighted by molar-refractivity contribution is 6.20. The molecular weight excluding hydrogens is 436 g/mol. The van der Waals surface area contributed by atoms with Crippen molar-refractivity contribution in [3.63, 3.8) is 0 Å². The highest BCUT2D eigenvalue weighted by Crippen LogP contribution is 2.14. The van der Waals surface area contributed by atoms with Crippen LogP contribution in [-0.4, -0.2) is 30.5 Å². The number of hydrogen-bond donors (Lipinski definition) is 0. The number of carbonyl (C=O) groups is 2. The molecule has 0 aliphatic rings. The van der Waals surface area contributed by atoms with Crippen LogP contribution in [0.5, 0.6) is 0 Å². The molecule has 0 aliphatic heterocycles. The van der Waals surface area contributed by atoms with Gasteiger partial charge in [-0.15, -0.1) is 11.6 Å². The van der Waals surface area contributed by atoms with Crippen LogP contribution in [-0.2, 0) is 9.47 Å². The van der Waals surface area contributed by atoms with Crippen molar-refractivity contribution in [2.24, 2.45) is 0 Å². The summed E-state index contributed by atoms with van der Waals surface area (Å²) in [7, 11) is 0. The van der Waals surface area contributed by atoms with Crippen molar-refractivity contribution in [3.8, 4) is 0 Å². The molecule has 5 heteroatoms. The minimum atomic E-state index is -0.444. The second-order valence-corrected chi connectivity index (χ2v) is 9.79. The Kier molecular flexibility index (Phi) is 17.8. The van der Waals surface area contributed by atoms with Gasteiger partial charge >= 0.3 is 11.9 Å². The van der Waals surface area contributed by atoms with Gasteiger partial charge < -0.3 is 9.47 Å². The number of alkyl halides is 1. The smallest absolute Gasteiger partial charge is 0.338 e. The summed E-state index contributed by atoms with van der Waals surface area (Å²) in [4.78, 5) is 24.0. The highest BCUT2D eigenvalue weighted by atomic mass is 35.5. The number of carbonyl (C=O) groups excluding carboxylic acids is 2. The Balaban J connectivity index is 1.97. The number of hydrogen-bond acceptors (Lipinski definition) is 4. The van der Waals surface area contributed by atoms with Gasteiger partial charge in [-0.05, 0) is 37.6 Å². The lowest BCUT2D eigenvalue weighted by molar-refractivity contribution is 0.0487. The molecule has 0 N–H and O–H groups in total. The van der Waals surface area contributed by atoms with Crippen LogP contribution in [0.25, 0.3) is 0 Å². The molecule has 1 atom stereocenters. The number of rotatable bonds is 20. The van der Waals surface area contributed by atoms with E-state index in [9.17, 15) is 9.59 Å². The van der Waals surface area contributed by atoms with Gasteiger partial charge in [0.05, 0.1) is 23.1 Å². The molecule has 0 aromatic heterocycles. The van der Waals surface area contributed by atoms with E-state index in [0.717, 1.165) is 12.8 Å². The van der Waals surface area contributed by atoms with E-state index in [0.29, 0.717) is 17.7 Å². The van der Waals surface area contributed by atoms with Gasteiger partial charge in [0.2, 0.25) is 0 Å². The summed E-state index contributed by atoms with van der Waals surface area (Å²) in [5.41, 5.74) is 0.837. The molecule has 0 spiro atoms. The molecule has 0 saturated carbocycles. The SMILES string of the molecule is CCCCCCCCCCCCCCCCCOC(=O)c1ccc(C(=O)OCC(C)Cl)cc1. The summed E-state index contributed by atoms with van der Waals surface area (Å²) in [6.07, 6.45) is 19.7. The Bertz CT molecular complexity index is 627. The van der Waals surface area contributed by atoms with E-state index in [-0.39, 0.29) is 18.0 Å². The monoisotopic (exact) mass is 480 g/mol. The number of benzene rings is 1. The standard InChI is InChI=1S/C28H45ClO4/c1-3-4-5-6-7-8-9-10-11-12-13-14-15-16-17-22-32-27(30)25-18-20-26(21-19-25)28(31)33-23-24(2)29/h18-21,24H,3-17,22-23H2,1-2H3. The zero-order valence-corrected chi connectivity index (χ0v) is 21.7. The molecule has 4 nitrogen and oxygen atoms in total. The van der Waals surface area contributed by atoms with E-state index < -0.39 is 5.97 Å². The first-order valence-corrected chi connectivity index (χ1v) is 13.6. The van der Waals surface area contributed by atoms with Crippen LogP contribution >= 0.6 is 11.6 Å². The summed E-state index contributed by atoms with van der Waals surface area (Å²) in [5.74, 6) is -0.796. The van der Waals surface area contributed by atoms with Gasteiger partial charge in [0.1, 0.15) is 6.61 Å². The lowest BCUT2D eigenvalue weighted by Crippen LogP contribution is -2.12. The topological polar surface area (TPSA) is 52.6 Å². The third-order valence-corrected chi connectivity index (χ3v) is 5.91. The molecule has 0 bridgehead atoms. The van der Waals surface area contributed by atoms with Crippen LogP contribution in [0.15, 0.2) is 24.3 Å². The van der Waals surface area contributed by atoms with E-state index >= 15 is 0 Å². The van der Waals surface area contributed by atoms with E-state index in [1.807, 2.05) is 0 Å². The third-order valence-electron chi connectivity index (χ3n) is 5.78. The molecule has 0 fully saturated rings. The van der Waals surface area contributed by atoms with Crippen LogP contribution in [0, 0.1) is 0 Å². The van der Waals surface area contributed by atoms with Gasteiger partial charge in [0, 0.05) is 0 Å². The fraction of sp³-hybridized carbons (Fsp3) is 0.714. The van der Waals surface area contributed by atoms with Gasteiger partial charge in [0.15, 0.2) is 0 Å². The quantitative estimate of drug-likeness (QED) is 0.107. The molecule has 0 saturated heterocycles. The first-order valence-electron chi connectivity index (χ1n) is 13.1. The molecule has 1 unspecified atom stereocenters. The molecule has 1 aromatic carbocycles. The minimum Gasteiger partial charge on any atom is -0.462 e. The van der Waals surface area contributed by atoms with Crippen molar-refractivity contribution in [2.75, 3.05) is 13.2 Å². The van der Waals surface area contributed by atoms with Crippen molar-refractivity contribution in [2.45, 2.75) is 116 Å². The number of ether oxygens (including phenoxy) is 2. The maximum absolute atomic E-state index is 12.1. The Morgan fingerprint density at radius 3 is 1.42 bits per heavy atom. The predicted molar refractivity (Wildman–Crippen MR) is 137 cm³/mol.